The molecule has 208 valence electrons. The number of carbonyl (C=O) groups is 2. The van der Waals surface area contributed by atoms with Crippen molar-refractivity contribution in [2.45, 2.75) is 33.1 Å². The summed E-state index contributed by atoms with van der Waals surface area (Å²) >= 11 is 0. The minimum Gasteiger partial charge on any atom is -0.423 e. The number of fused-ring (bicyclic) bond motifs is 3. The van der Waals surface area contributed by atoms with Gasteiger partial charge < -0.3 is 14.4 Å². The first kappa shape index (κ1) is 28.1. The summed E-state index contributed by atoms with van der Waals surface area (Å²) in [5, 5.41) is 0. The van der Waals surface area contributed by atoms with Crippen LogP contribution < -0.4 is 14.4 Å². The van der Waals surface area contributed by atoms with Gasteiger partial charge in [-0.25, -0.2) is 14.4 Å². The number of benzene rings is 4. The van der Waals surface area contributed by atoms with Crippen LogP contribution >= 0.6 is 0 Å². The normalized spacial score (nSPS) is 12.4. The van der Waals surface area contributed by atoms with E-state index in [0.29, 0.717) is 17.1 Å². The smallest absolute Gasteiger partial charge is 0.338 e. The molecule has 0 fully saturated rings. The molecule has 0 saturated heterocycles. The number of esters is 2. The fraction of sp³-hybridized carbons (Fsp3) is 0.139. The first-order valence-electron chi connectivity index (χ1n) is 13.4. The Morgan fingerprint density at radius 3 is 1.93 bits per heavy atom. The van der Waals surface area contributed by atoms with Crippen LogP contribution in [-0.2, 0) is 15.0 Å². The molecule has 4 aromatic carbocycles. The molecule has 0 saturated carbocycles. The van der Waals surface area contributed by atoms with Crippen molar-refractivity contribution >= 4 is 34.7 Å². The molecule has 0 unspecified atom stereocenters. The summed E-state index contributed by atoms with van der Waals surface area (Å²) in [6.07, 6.45) is 0. The molecular weight excluding hydrogens is 524 g/mol. The van der Waals surface area contributed by atoms with E-state index < -0.39 is 11.9 Å². The average Bonchev–Trinajstić information content (AvgIpc) is 3.19. The summed E-state index contributed by atoms with van der Waals surface area (Å²) in [5.41, 5.74) is 7.26. The second-order valence-electron chi connectivity index (χ2n) is 10.8. The SMILES string of the molecule is [C-]#[N+]c1ccccc1N(c1cc(OC(=O)C(=C)C)cc(OC(=O)C(=C)C)c1)c1ccc2c(c1)C(C)(C)c1ccccc1-2. The van der Waals surface area contributed by atoms with E-state index in [2.05, 4.69) is 62.2 Å². The van der Waals surface area contributed by atoms with Crippen LogP contribution in [0.1, 0.15) is 38.8 Å². The highest BCUT2D eigenvalue weighted by molar-refractivity contribution is 5.92. The Balaban J connectivity index is 1.74. The third-order valence-electron chi connectivity index (χ3n) is 7.31. The summed E-state index contributed by atoms with van der Waals surface area (Å²) < 4.78 is 11.2. The molecule has 6 heteroatoms. The van der Waals surface area contributed by atoms with Crippen molar-refractivity contribution in [1.29, 1.82) is 0 Å². The lowest BCUT2D eigenvalue weighted by atomic mass is 9.82. The van der Waals surface area contributed by atoms with Gasteiger partial charge >= 0.3 is 11.9 Å². The lowest BCUT2D eigenvalue weighted by Crippen LogP contribution is -2.17. The molecule has 0 radical (unpaired) electrons. The number of carbonyl (C=O) groups excluding carboxylic acids is 2. The van der Waals surface area contributed by atoms with Crippen LogP contribution in [0.5, 0.6) is 11.5 Å². The van der Waals surface area contributed by atoms with Gasteiger partial charge in [0.25, 0.3) is 0 Å². The van der Waals surface area contributed by atoms with Crippen molar-refractivity contribution in [3.63, 3.8) is 0 Å². The van der Waals surface area contributed by atoms with E-state index in [-0.39, 0.29) is 28.1 Å². The molecule has 0 aliphatic heterocycles. The molecule has 4 aromatic rings. The number of nitrogens with zero attached hydrogens (tertiary/aromatic N) is 2. The van der Waals surface area contributed by atoms with Crippen molar-refractivity contribution in [2.75, 3.05) is 4.90 Å². The molecule has 0 atom stereocenters. The first-order chi connectivity index (χ1) is 20.0. The molecule has 0 aromatic heterocycles. The van der Waals surface area contributed by atoms with E-state index in [1.807, 2.05) is 35.2 Å². The van der Waals surface area contributed by atoms with E-state index in [4.69, 9.17) is 16.0 Å². The lowest BCUT2D eigenvalue weighted by molar-refractivity contribution is -0.130. The number of hydrogen-bond donors (Lipinski definition) is 0. The van der Waals surface area contributed by atoms with E-state index in [0.717, 1.165) is 16.8 Å². The molecule has 1 aliphatic carbocycles. The zero-order valence-corrected chi connectivity index (χ0v) is 24.0. The predicted octanol–water partition coefficient (Wildman–Crippen LogP) is 8.98. The maximum atomic E-state index is 12.5. The number of anilines is 3. The van der Waals surface area contributed by atoms with Crippen LogP contribution in [0.4, 0.5) is 22.7 Å². The third-order valence-corrected chi connectivity index (χ3v) is 7.31. The monoisotopic (exact) mass is 554 g/mol. The lowest BCUT2D eigenvalue weighted by Gasteiger charge is -2.29. The molecule has 0 N–H and O–H groups in total. The largest absolute Gasteiger partial charge is 0.423 e. The Kier molecular flexibility index (Phi) is 7.28. The van der Waals surface area contributed by atoms with Gasteiger partial charge in [-0.1, -0.05) is 75.5 Å². The fourth-order valence-electron chi connectivity index (χ4n) is 5.20. The molecule has 1 aliphatic rings. The average molecular weight is 555 g/mol. The number of ether oxygens (including phenoxy) is 2. The van der Waals surface area contributed by atoms with Gasteiger partial charge in [-0.05, 0) is 54.3 Å². The Hall–Kier alpha value is -5.41. The fourth-order valence-corrected chi connectivity index (χ4v) is 5.20. The molecule has 5 rings (SSSR count). The van der Waals surface area contributed by atoms with Gasteiger partial charge in [-0.15, -0.1) is 0 Å². The van der Waals surface area contributed by atoms with Gasteiger partial charge in [0.1, 0.15) is 11.5 Å². The van der Waals surface area contributed by atoms with Crippen molar-refractivity contribution in [3.05, 3.63) is 132 Å². The summed E-state index contributed by atoms with van der Waals surface area (Å²) in [6.45, 7) is 22.7. The first-order valence-corrected chi connectivity index (χ1v) is 13.4. The van der Waals surface area contributed by atoms with Crippen LogP contribution in [0, 0.1) is 6.57 Å². The molecule has 0 amide bonds. The Labute approximate surface area is 246 Å². The van der Waals surface area contributed by atoms with Gasteiger partial charge in [-0.2, -0.15) is 0 Å². The van der Waals surface area contributed by atoms with Crippen LogP contribution in [-0.4, -0.2) is 11.9 Å². The third kappa shape index (κ3) is 5.09. The second-order valence-corrected chi connectivity index (χ2v) is 10.8. The summed E-state index contributed by atoms with van der Waals surface area (Å²) in [5.74, 6) is -0.919. The van der Waals surface area contributed by atoms with Gasteiger partial charge in [0.05, 0.1) is 17.9 Å². The van der Waals surface area contributed by atoms with Crippen LogP contribution in [0.25, 0.3) is 16.0 Å². The van der Waals surface area contributed by atoms with Gasteiger partial charge in [0, 0.05) is 40.4 Å². The molecule has 42 heavy (non-hydrogen) atoms. The highest BCUT2D eigenvalue weighted by Crippen LogP contribution is 2.51. The maximum Gasteiger partial charge on any atom is 0.338 e. The quantitative estimate of drug-likeness (QED) is 0.0987. The number of para-hydroxylation sites is 2. The zero-order chi connectivity index (χ0) is 30.2. The number of rotatable bonds is 7. The van der Waals surface area contributed by atoms with E-state index in [1.165, 1.54) is 17.2 Å². The Morgan fingerprint density at radius 1 is 0.738 bits per heavy atom. The van der Waals surface area contributed by atoms with Crippen molar-refractivity contribution in [3.8, 4) is 22.6 Å². The molecular formula is C36H30N2O4. The second kappa shape index (κ2) is 10.9. The zero-order valence-electron chi connectivity index (χ0n) is 24.0. The van der Waals surface area contributed by atoms with Gasteiger partial charge in [0.2, 0.25) is 5.69 Å². The minimum atomic E-state index is -0.616. The van der Waals surface area contributed by atoms with Crippen molar-refractivity contribution < 1.29 is 19.1 Å². The Bertz CT molecular complexity index is 1780. The molecule has 0 spiro atoms. The van der Waals surface area contributed by atoms with Crippen molar-refractivity contribution in [1.82, 2.24) is 0 Å². The summed E-state index contributed by atoms with van der Waals surface area (Å²) in [4.78, 5) is 30.7. The molecule has 6 nitrogen and oxygen atoms in total. The highest BCUT2D eigenvalue weighted by atomic mass is 16.5. The molecule has 0 heterocycles. The van der Waals surface area contributed by atoms with Gasteiger partial charge in [0.15, 0.2) is 0 Å². The predicted molar refractivity (Wildman–Crippen MR) is 166 cm³/mol. The minimum absolute atomic E-state index is 0.157. The van der Waals surface area contributed by atoms with E-state index in [1.54, 1.807) is 32.0 Å². The van der Waals surface area contributed by atoms with E-state index >= 15 is 0 Å². The Morgan fingerprint density at radius 2 is 1.31 bits per heavy atom. The van der Waals surface area contributed by atoms with Crippen LogP contribution in [0.15, 0.2) is 109 Å². The topological polar surface area (TPSA) is 60.2 Å². The van der Waals surface area contributed by atoms with Gasteiger partial charge in [-0.3, -0.25) is 0 Å². The summed E-state index contributed by atoms with van der Waals surface area (Å²) in [7, 11) is 0. The van der Waals surface area contributed by atoms with Crippen molar-refractivity contribution in [2.24, 2.45) is 0 Å². The molecule has 0 bridgehead atoms. The van der Waals surface area contributed by atoms with Crippen LogP contribution in [0.3, 0.4) is 0 Å². The highest BCUT2D eigenvalue weighted by Gasteiger charge is 2.36. The standard InChI is InChI=1S/C36H30N2O4/c1-22(2)34(39)41-26-18-25(19-27(21-26)42-35(40)23(3)4)38(33-15-11-10-14-32(33)37-7)24-16-17-29-28-12-8-9-13-30(28)36(5,6)31(29)20-24/h8-21H,1,3H2,2,4-6H3. The van der Waals surface area contributed by atoms with Crippen LogP contribution in [0.2, 0.25) is 0 Å². The maximum absolute atomic E-state index is 12.5. The number of hydrogen-bond acceptors (Lipinski definition) is 5. The summed E-state index contributed by atoms with van der Waals surface area (Å²) in [6, 6.07) is 26.7. The van der Waals surface area contributed by atoms with E-state index in [9.17, 15) is 9.59 Å².